The summed E-state index contributed by atoms with van der Waals surface area (Å²) in [5.74, 6) is 0.321. The molecule has 1 aliphatic rings. The summed E-state index contributed by atoms with van der Waals surface area (Å²) in [5.41, 5.74) is 0.230. The summed E-state index contributed by atoms with van der Waals surface area (Å²) in [4.78, 5) is 0. The molecule has 2 atom stereocenters. The van der Waals surface area contributed by atoms with E-state index < -0.39 is 11.7 Å². The van der Waals surface area contributed by atoms with Crippen molar-refractivity contribution in [1.29, 1.82) is 0 Å². The van der Waals surface area contributed by atoms with Crippen molar-refractivity contribution in [2.45, 2.75) is 38.5 Å². The molecule has 0 aromatic heterocycles. The van der Waals surface area contributed by atoms with Gasteiger partial charge < -0.3 is 10.1 Å². The van der Waals surface area contributed by atoms with Crippen molar-refractivity contribution < 1.29 is 17.9 Å². The Balaban J connectivity index is 2.06. The number of ether oxygens (including phenoxy) is 1. The van der Waals surface area contributed by atoms with Gasteiger partial charge in [0.15, 0.2) is 0 Å². The van der Waals surface area contributed by atoms with Crippen molar-refractivity contribution in [2.75, 3.05) is 19.7 Å². The van der Waals surface area contributed by atoms with Crippen LogP contribution in [0.2, 0.25) is 0 Å². The topological polar surface area (TPSA) is 21.3 Å². The van der Waals surface area contributed by atoms with Crippen LogP contribution in [0.4, 0.5) is 13.2 Å². The van der Waals surface area contributed by atoms with E-state index in [1.807, 2.05) is 0 Å². The molecule has 0 spiro atoms. The average Bonchev–Trinajstić information content (AvgIpc) is 2.47. The molecule has 0 bridgehead atoms. The lowest BCUT2D eigenvalue weighted by Gasteiger charge is -2.32. The third kappa shape index (κ3) is 4.45. The minimum absolute atomic E-state index is 0.106. The normalized spacial score (nSPS) is 23.2. The molecule has 0 radical (unpaired) electrons. The Bertz CT molecular complexity index is 430. The van der Waals surface area contributed by atoms with Crippen LogP contribution in [0.15, 0.2) is 24.3 Å². The standard InChI is InChI=1S/C16H22F3NO/c1-2-9-20-11-13-4-3-10-21-15(13)12-5-7-14(8-6-12)16(17,18)19/h5-8,13,15,20H,2-4,9-11H2,1H3. The maximum atomic E-state index is 12.6. The monoisotopic (exact) mass is 301 g/mol. The van der Waals surface area contributed by atoms with E-state index in [1.165, 1.54) is 0 Å². The highest BCUT2D eigenvalue weighted by Crippen LogP contribution is 2.35. The first kappa shape index (κ1) is 16.3. The van der Waals surface area contributed by atoms with Gasteiger partial charge in [0.1, 0.15) is 0 Å². The van der Waals surface area contributed by atoms with E-state index in [-0.39, 0.29) is 6.10 Å². The maximum Gasteiger partial charge on any atom is 0.416 e. The Hall–Kier alpha value is -1.07. The van der Waals surface area contributed by atoms with Crippen LogP contribution in [0.3, 0.4) is 0 Å². The summed E-state index contributed by atoms with van der Waals surface area (Å²) < 4.78 is 43.6. The second-order valence-electron chi connectivity index (χ2n) is 5.52. The summed E-state index contributed by atoms with van der Waals surface area (Å²) in [6.45, 7) is 4.59. The van der Waals surface area contributed by atoms with Gasteiger partial charge in [-0.05, 0) is 43.5 Å². The smallest absolute Gasteiger partial charge is 0.373 e. The minimum atomic E-state index is -4.28. The summed E-state index contributed by atoms with van der Waals surface area (Å²) in [7, 11) is 0. The van der Waals surface area contributed by atoms with Gasteiger partial charge in [0.25, 0.3) is 0 Å². The van der Waals surface area contributed by atoms with Gasteiger partial charge >= 0.3 is 6.18 Å². The van der Waals surface area contributed by atoms with Crippen molar-refractivity contribution >= 4 is 0 Å². The van der Waals surface area contributed by atoms with Gasteiger partial charge in [0.2, 0.25) is 0 Å². The van der Waals surface area contributed by atoms with E-state index in [9.17, 15) is 13.2 Å². The number of benzene rings is 1. The van der Waals surface area contributed by atoms with Crippen LogP contribution < -0.4 is 5.32 Å². The lowest BCUT2D eigenvalue weighted by Crippen LogP contribution is -2.32. The molecule has 2 nitrogen and oxygen atoms in total. The third-order valence-electron chi connectivity index (χ3n) is 3.84. The molecule has 5 heteroatoms. The summed E-state index contributed by atoms with van der Waals surface area (Å²) >= 11 is 0. The number of hydrogen-bond donors (Lipinski definition) is 1. The van der Waals surface area contributed by atoms with Gasteiger partial charge in [-0.1, -0.05) is 19.1 Å². The predicted molar refractivity (Wildman–Crippen MR) is 76.0 cm³/mol. The fourth-order valence-corrected chi connectivity index (χ4v) is 2.75. The Labute approximate surface area is 123 Å². The predicted octanol–water partition coefficient (Wildman–Crippen LogP) is 4.17. The number of hydrogen-bond acceptors (Lipinski definition) is 2. The van der Waals surface area contributed by atoms with E-state index in [0.29, 0.717) is 12.5 Å². The molecular weight excluding hydrogens is 279 g/mol. The molecule has 1 heterocycles. The zero-order chi connectivity index (χ0) is 15.3. The van der Waals surface area contributed by atoms with Gasteiger partial charge in [0.05, 0.1) is 11.7 Å². The van der Waals surface area contributed by atoms with E-state index in [1.54, 1.807) is 12.1 Å². The van der Waals surface area contributed by atoms with Crippen molar-refractivity contribution in [3.8, 4) is 0 Å². The molecule has 1 aromatic rings. The fraction of sp³-hybridized carbons (Fsp3) is 0.625. The largest absolute Gasteiger partial charge is 0.416 e. The quantitative estimate of drug-likeness (QED) is 0.824. The SMILES string of the molecule is CCCNCC1CCCOC1c1ccc(C(F)(F)F)cc1. The van der Waals surface area contributed by atoms with E-state index >= 15 is 0 Å². The summed E-state index contributed by atoms with van der Waals surface area (Å²) in [6.07, 6.45) is -1.27. The van der Waals surface area contributed by atoms with Crippen molar-refractivity contribution in [1.82, 2.24) is 5.32 Å². The van der Waals surface area contributed by atoms with Crippen LogP contribution in [-0.4, -0.2) is 19.7 Å². The highest BCUT2D eigenvalue weighted by Gasteiger charge is 2.31. The lowest BCUT2D eigenvalue weighted by atomic mass is 9.89. The number of rotatable bonds is 5. The van der Waals surface area contributed by atoms with Crippen LogP contribution in [0.25, 0.3) is 0 Å². The first-order valence-electron chi connectivity index (χ1n) is 7.52. The molecular formula is C16H22F3NO. The van der Waals surface area contributed by atoms with E-state index in [4.69, 9.17) is 4.74 Å². The Kier molecular flexibility index (Phi) is 5.65. The molecule has 1 fully saturated rings. The zero-order valence-electron chi connectivity index (χ0n) is 12.2. The molecule has 0 aliphatic carbocycles. The Morgan fingerprint density at radius 3 is 2.57 bits per heavy atom. The fourth-order valence-electron chi connectivity index (χ4n) is 2.75. The minimum Gasteiger partial charge on any atom is -0.373 e. The number of nitrogens with one attached hydrogen (secondary N) is 1. The third-order valence-corrected chi connectivity index (χ3v) is 3.84. The van der Waals surface area contributed by atoms with Gasteiger partial charge in [-0.3, -0.25) is 0 Å². The van der Waals surface area contributed by atoms with Crippen molar-refractivity contribution in [2.24, 2.45) is 5.92 Å². The van der Waals surface area contributed by atoms with Crippen LogP contribution in [-0.2, 0) is 10.9 Å². The highest BCUT2D eigenvalue weighted by atomic mass is 19.4. The molecule has 0 amide bonds. The Morgan fingerprint density at radius 1 is 1.24 bits per heavy atom. The second-order valence-corrected chi connectivity index (χ2v) is 5.52. The summed E-state index contributed by atoms with van der Waals surface area (Å²) in [5, 5.41) is 3.38. The lowest BCUT2D eigenvalue weighted by molar-refractivity contribution is -0.137. The molecule has 2 unspecified atom stereocenters. The van der Waals surface area contributed by atoms with Crippen LogP contribution in [0, 0.1) is 5.92 Å². The molecule has 0 saturated carbocycles. The van der Waals surface area contributed by atoms with E-state index in [2.05, 4.69) is 12.2 Å². The molecule has 2 rings (SSSR count). The number of halogens is 3. The van der Waals surface area contributed by atoms with E-state index in [0.717, 1.165) is 50.0 Å². The van der Waals surface area contributed by atoms with Crippen LogP contribution >= 0.6 is 0 Å². The molecule has 1 saturated heterocycles. The van der Waals surface area contributed by atoms with Crippen molar-refractivity contribution in [3.05, 3.63) is 35.4 Å². The first-order valence-corrected chi connectivity index (χ1v) is 7.52. The zero-order valence-corrected chi connectivity index (χ0v) is 12.2. The average molecular weight is 301 g/mol. The molecule has 21 heavy (non-hydrogen) atoms. The molecule has 1 aliphatic heterocycles. The van der Waals surface area contributed by atoms with Gasteiger partial charge in [0, 0.05) is 19.1 Å². The molecule has 1 N–H and O–H groups in total. The van der Waals surface area contributed by atoms with Gasteiger partial charge in [-0.25, -0.2) is 0 Å². The van der Waals surface area contributed by atoms with Crippen LogP contribution in [0.5, 0.6) is 0 Å². The maximum absolute atomic E-state index is 12.6. The highest BCUT2D eigenvalue weighted by molar-refractivity contribution is 5.26. The molecule has 118 valence electrons. The number of alkyl halides is 3. The van der Waals surface area contributed by atoms with Crippen molar-refractivity contribution in [3.63, 3.8) is 0 Å². The van der Waals surface area contributed by atoms with Gasteiger partial charge in [-0.15, -0.1) is 0 Å². The summed E-state index contributed by atoms with van der Waals surface area (Å²) in [6, 6.07) is 5.38. The van der Waals surface area contributed by atoms with Gasteiger partial charge in [-0.2, -0.15) is 13.2 Å². The Morgan fingerprint density at radius 2 is 1.95 bits per heavy atom. The second kappa shape index (κ2) is 7.27. The molecule has 1 aromatic carbocycles. The van der Waals surface area contributed by atoms with Crippen LogP contribution in [0.1, 0.15) is 43.4 Å². The first-order chi connectivity index (χ1) is 10.0.